The number of hydrogen-bond donors (Lipinski definition) is 0. The van der Waals surface area contributed by atoms with E-state index in [-0.39, 0.29) is 17.5 Å². The van der Waals surface area contributed by atoms with Crippen LogP contribution in [0.15, 0.2) is 46.9 Å². The first-order chi connectivity index (χ1) is 10.9. The van der Waals surface area contributed by atoms with Crippen LogP contribution in [0.1, 0.15) is 5.69 Å². The van der Waals surface area contributed by atoms with E-state index in [4.69, 9.17) is 4.42 Å². The average Bonchev–Trinajstić information content (AvgIpc) is 2.96. The van der Waals surface area contributed by atoms with Crippen LogP contribution in [0.25, 0.3) is 22.2 Å². The molecular formula is C16H13N3O3S. The molecule has 0 unspecified atom stereocenters. The molecule has 0 N–H and O–H groups in total. The number of nitrogens with zero attached hydrogens (tertiary/aromatic N) is 3. The van der Waals surface area contributed by atoms with Crippen LogP contribution in [-0.4, -0.2) is 26.7 Å². The van der Waals surface area contributed by atoms with Gasteiger partial charge in [-0.3, -0.25) is 0 Å². The average molecular weight is 327 g/mol. The molecule has 0 saturated heterocycles. The third-order valence-electron chi connectivity index (χ3n) is 3.52. The molecule has 0 saturated carbocycles. The summed E-state index contributed by atoms with van der Waals surface area (Å²) in [6, 6.07) is 15.2. The van der Waals surface area contributed by atoms with Crippen molar-refractivity contribution in [2.45, 2.75) is 0 Å². The van der Waals surface area contributed by atoms with E-state index in [1.54, 1.807) is 0 Å². The summed E-state index contributed by atoms with van der Waals surface area (Å²) in [5.41, 5.74) is 0.633. The van der Waals surface area contributed by atoms with Gasteiger partial charge in [0.1, 0.15) is 6.07 Å². The van der Waals surface area contributed by atoms with Gasteiger partial charge in [0, 0.05) is 12.6 Å². The SMILES string of the molecule is CN(c1oc(-c2cccc3ccccc23)nc1C#N)S(C)(=O)=O. The molecule has 1 heterocycles. The van der Waals surface area contributed by atoms with Gasteiger partial charge in [-0.2, -0.15) is 10.2 Å². The molecule has 1 aromatic heterocycles. The Bertz CT molecular complexity index is 1030. The van der Waals surface area contributed by atoms with Crippen molar-refractivity contribution in [3.8, 4) is 17.5 Å². The molecule has 3 aromatic rings. The highest BCUT2D eigenvalue weighted by atomic mass is 32.2. The number of nitriles is 1. The normalized spacial score (nSPS) is 11.3. The fourth-order valence-corrected chi connectivity index (χ4v) is 2.70. The molecule has 116 valence electrons. The zero-order valence-corrected chi connectivity index (χ0v) is 13.3. The Morgan fingerprint density at radius 1 is 1.17 bits per heavy atom. The molecule has 0 radical (unpaired) electrons. The minimum absolute atomic E-state index is 0.0686. The van der Waals surface area contributed by atoms with Gasteiger partial charge in [-0.1, -0.05) is 36.4 Å². The van der Waals surface area contributed by atoms with Crippen LogP contribution in [-0.2, 0) is 10.0 Å². The predicted octanol–water partition coefficient (Wildman–Crippen LogP) is 2.76. The Kier molecular flexibility index (Phi) is 3.54. The third-order valence-corrected chi connectivity index (χ3v) is 4.68. The maximum absolute atomic E-state index is 11.7. The van der Waals surface area contributed by atoms with Crippen molar-refractivity contribution in [2.24, 2.45) is 0 Å². The second kappa shape index (κ2) is 5.41. The van der Waals surface area contributed by atoms with Crippen LogP contribution in [0, 0.1) is 11.3 Å². The molecule has 0 aliphatic heterocycles. The third kappa shape index (κ3) is 2.64. The molecule has 23 heavy (non-hydrogen) atoms. The first-order valence-corrected chi connectivity index (χ1v) is 8.59. The number of sulfonamides is 1. The van der Waals surface area contributed by atoms with Gasteiger partial charge in [-0.05, 0) is 16.8 Å². The molecule has 0 bridgehead atoms. The van der Waals surface area contributed by atoms with Gasteiger partial charge in [0.25, 0.3) is 0 Å². The van der Waals surface area contributed by atoms with E-state index in [1.807, 2.05) is 48.5 Å². The summed E-state index contributed by atoms with van der Waals surface area (Å²) >= 11 is 0. The van der Waals surface area contributed by atoms with E-state index in [9.17, 15) is 13.7 Å². The fraction of sp³-hybridized carbons (Fsp3) is 0.125. The largest absolute Gasteiger partial charge is 0.418 e. The van der Waals surface area contributed by atoms with Crippen molar-refractivity contribution >= 4 is 26.7 Å². The summed E-state index contributed by atoms with van der Waals surface area (Å²) < 4.78 is 29.9. The van der Waals surface area contributed by atoms with Gasteiger partial charge >= 0.3 is 0 Å². The maximum atomic E-state index is 11.7. The summed E-state index contributed by atoms with van der Waals surface area (Å²) in [7, 11) is -2.23. The Labute approximate surface area is 133 Å². The van der Waals surface area contributed by atoms with Gasteiger partial charge in [0.05, 0.1) is 6.26 Å². The van der Waals surface area contributed by atoms with E-state index >= 15 is 0 Å². The summed E-state index contributed by atoms with van der Waals surface area (Å²) in [4.78, 5) is 4.15. The zero-order valence-electron chi connectivity index (χ0n) is 12.5. The summed E-state index contributed by atoms with van der Waals surface area (Å²) in [6.07, 6.45) is 1.04. The number of anilines is 1. The lowest BCUT2D eigenvalue weighted by molar-refractivity contribution is 0.566. The standard InChI is InChI=1S/C16H13N3O3S/c1-19(23(2,20)21)16-14(10-17)18-15(22-16)13-9-5-7-11-6-3-4-8-12(11)13/h3-9H,1-2H3. The number of hydrogen-bond acceptors (Lipinski definition) is 5. The first kappa shape index (κ1) is 15.1. The quantitative estimate of drug-likeness (QED) is 0.738. The molecule has 3 rings (SSSR count). The number of rotatable bonds is 3. The molecule has 2 aromatic carbocycles. The van der Waals surface area contributed by atoms with Crippen LogP contribution in [0.5, 0.6) is 0 Å². The highest BCUT2D eigenvalue weighted by molar-refractivity contribution is 7.92. The monoisotopic (exact) mass is 327 g/mol. The zero-order chi connectivity index (χ0) is 16.6. The van der Waals surface area contributed by atoms with Gasteiger partial charge in [0.15, 0.2) is 0 Å². The first-order valence-electron chi connectivity index (χ1n) is 6.75. The van der Waals surface area contributed by atoms with Gasteiger partial charge < -0.3 is 4.42 Å². The van der Waals surface area contributed by atoms with E-state index in [0.717, 1.165) is 21.3 Å². The van der Waals surface area contributed by atoms with E-state index in [0.29, 0.717) is 5.56 Å². The van der Waals surface area contributed by atoms with Crippen LogP contribution in [0.3, 0.4) is 0 Å². The van der Waals surface area contributed by atoms with Crippen molar-refractivity contribution in [1.82, 2.24) is 4.98 Å². The maximum Gasteiger partial charge on any atom is 0.248 e. The summed E-state index contributed by atoms with van der Waals surface area (Å²) in [6.45, 7) is 0. The van der Waals surface area contributed by atoms with Crippen LogP contribution < -0.4 is 4.31 Å². The lowest BCUT2D eigenvalue weighted by atomic mass is 10.0. The van der Waals surface area contributed by atoms with E-state index in [2.05, 4.69) is 4.98 Å². The Morgan fingerprint density at radius 2 is 1.87 bits per heavy atom. The molecular weight excluding hydrogens is 314 g/mol. The number of oxazole rings is 1. The van der Waals surface area contributed by atoms with Crippen molar-refractivity contribution in [2.75, 3.05) is 17.6 Å². The Morgan fingerprint density at radius 3 is 2.57 bits per heavy atom. The molecule has 6 nitrogen and oxygen atoms in total. The van der Waals surface area contributed by atoms with E-state index < -0.39 is 10.0 Å². The summed E-state index contributed by atoms with van der Waals surface area (Å²) in [5, 5.41) is 11.1. The molecule has 0 amide bonds. The summed E-state index contributed by atoms with van der Waals surface area (Å²) in [5.74, 6) is 0.127. The molecule has 0 aliphatic rings. The van der Waals surface area contributed by atoms with Gasteiger partial charge in [-0.25, -0.2) is 12.7 Å². The Hall–Kier alpha value is -2.85. The lowest BCUT2D eigenvalue weighted by Gasteiger charge is -2.12. The van der Waals surface area contributed by atoms with Crippen LogP contribution in [0.4, 0.5) is 5.88 Å². The van der Waals surface area contributed by atoms with E-state index in [1.165, 1.54) is 7.05 Å². The van der Waals surface area contributed by atoms with Gasteiger partial charge in [-0.15, -0.1) is 0 Å². The highest BCUT2D eigenvalue weighted by Gasteiger charge is 2.24. The van der Waals surface area contributed by atoms with Crippen molar-refractivity contribution < 1.29 is 12.8 Å². The topological polar surface area (TPSA) is 87.2 Å². The van der Waals surface area contributed by atoms with Crippen molar-refractivity contribution in [3.63, 3.8) is 0 Å². The van der Waals surface area contributed by atoms with Gasteiger partial charge in [0.2, 0.25) is 27.5 Å². The van der Waals surface area contributed by atoms with Crippen molar-refractivity contribution in [3.05, 3.63) is 48.2 Å². The van der Waals surface area contributed by atoms with Crippen molar-refractivity contribution in [1.29, 1.82) is 5.26 Å². The van der Waals surface area contributed by atoms with Crippen LogP contribution >= 0.6 is 0 Å². The predicted molar refractivity (Wildman–Crippen MR) is 87.4 cm³/mol. The smallest absolute Gasteiger partial charge is 0.248 e. The molecule has 0 atom stereocenters. The second-order valence-electron chi connectivity index (χ2n) is 5.04. The molecule has 0 spiro atoms. The second-order valence-corrected chi connectivity index (χ2v) is 7.06. The molecule has 7 heteroatoms. The minimum Gasteiger partial charge on any atom is -0.418 e. The number of benzene rings is 2. The number of fused-ring (bicyclic) bond motifs is 1. The Balaban J connectivity index is 2.22. The molecule has 0 fully saturated rings. The fourth-order valence-electron chi connectivity index (χ4n) is 2.28. The molecule has 0 aliphatic carbocycles. The van der Waals surface area contributed by atoms with Crippen LogP contribution in [0.2, 0.25) is 0 Å². The highest BCUT2D eigenvalue weighted by Crippen LogP contribution is 2.32. The lowest BCUT2D eigenvalue weighted by Crippen LogP contribution is -2.25. The number of aromatic nitrogens is 1. The minimum atomic E-state index is -3.55.